The maximum atomic E-state index is 6.30. The van der Waals surface area contributed by atoms with Gasteiger partial charge in [-0.05, 0) is 170 Å². The monoisotopic (exact) mass is 1040 g/mol. The van der Waals surface area contributed by atoms with Crippen LogP contribution in [-0.4, -0.2) is 18.4 Å². The van der Waals surface area contributed by atoms with Gasteiger partial charge < -0.3 is 14.7 Å². The molecule has 0 N–H and O–H groups in total. The van der Waals surface area contributed by atoms with E-state index in [0.29, 0.717) is 0 Å². The fraction of sp³-hybridized carbons (Fsp3) is 0.110. The minimum atomic E-state index is -0.201. The quantitative estimate of drug-likeness (QED) is 0.148. The van der Waals surface area contributed by atoms with Crippen LogP contribution in [0.15, 0.2) is 255 Å². The van der Waals surface area contributed by atoms with Crippen LogP contribution in [0, 0.1) is 0 Å². The zero-order valence-electron chi connectivity index (χ0n) is 46.6. The second-order valence-electron chi connectivity index (χ2n) is 24.0. The van der Waals surface area contributed by atoms with Gasteiger partial charge in [0.2, 0.25) is 0 Å². The predicted molar refractivity (Wildman–Crippen MR) is 344 cm³/mol. The van der Waals surface area contributed by atoms with Gasteiger partial charge in [0.15, 0.2) is 0 Å². The average Bonchev–Trinajstić information content (AvgIpc) is 3.55. The van der Waals surface area contributed by atoms with Crippen molar-refractivity contribution in [2.24, 2.45) is 0 Å². The Hall–Kier alpha value is -9.52. The highest BCUT2D eigenvalue weighted by molar-refractivity contribution is 7.03. The molecule has 388 valence electrons. The Morgan fingerprint density at radius 2 is 0.642 bits per heavy atom. The molecule has 0 atom stereocenters. The highest BCUT2D eigenvalue weighted by Gasteiger charge is 2.50. The van der Waals surface area contributed by atoms with Crippen molar-refractivity contribution < 1.29 is 0 Å². The molecule has 0 fully saturated rings. The van der Waals surface area contributed by atoms with E-state index in [-0.39, 0.29) is 24.3 Å². The van der Waals surface area contributed by atoms with Gasteiger partial charge in [0.1, 0.15) is 11.6 Å². The van der Waals surface area contributed by atoms with E-state index in [4.69, 9.17) is 4.98 Å². The molecule has 11 aromatic rings. The van der Waals surface area contributed by atoms with E-state index in [1.54, 1.807) is 0 Å². The fourth-order valence-corrected chi connectivity index (χ4v) is 13.2. The van der Waals surface area contributed by atoms with Crippen LogP contribution in [0.5, 0.6) is 0 Å². The van der Waals surface area contributed by atoms with Crippen LogP contribution in [-0.2, 0) is 10.8 Å². The van der Waals surface area contributed by atoms with E-state index in [9.17, 15) is 0 Å². The summed E-state index contributed by atoms with van der Waals surface area (Å²) in [6.45, 7) is 13.7. The second kappa shape index (κ2) is 18.5. The van der Waals surface area contributed by atoms with Gasteiger partial charge in [0.05, 0.1) is 0 Å². The van der Waals surface area contributed by atoms with Crippen LogP contribution < -0.4 is 57.3 Å². The molecular weight excluding hydrogens is 982 g/mol. The van der Waals surface area contributed by atoms with Crippen LogP contribution >= 0.6 is 0 Å². The summed E-state index contributed by atoms with van der Waals surface area (Å²) in [5.74, 6) is 1.87. The van der Waals surface area contributed by atoms with Crippen molar-refractivity contribution in [2.75, 3.05) is 24.5 Å². The number of pyridine rings is 1. The van der Waals surface area contributed by atoms with Crippen molar-refractivity contribution in [3.05, 3.63) is 266 Å². The van der Waals surface area contributed by atoms with Crippen molar-refractivity contribution in [3.8, 4) is 0 Å². The summed E-state index contributed by atoms with van der Waals surface area (Å²) in [6, 6.07) is 94.1. The third-order valence-electron chi connectivity index (χ3n) is 17.0. The Labute approximate surface area is 477 Å². The predicted octanol–water partition coefficient (Wildman–Crippen LogP) is 15.3. The first kappa shape index (κ1) is 48.6. The summed E-state index contributed by atoms with van der Waals surface area (Å²) in [7, 11) is 0. The van der Waals surface area contributed by atoms with Gasteiger partial charge >= 0.3 is 0 Å². The zero-order chi connectivity index (χ0) is 54.7. The lowest BCUT2D eigenvalue weighted by molar-refractivity contribution is 0.590. The number of nitrogens with zero attached hydrogens (tertiary/aromatic N) is 6. The summed E-state index contributed by atoms with van der Waals surface area (Å²) in [5, 5.41) is 0. The Bertz CT molecular complexity index is 4180. The number of benzene rings is 10. The molecule has 0 saturated heterocycles. The highest BCUT2D eigenvalue weighted by atomic mass is 15.3. The molecule has 6 nitrogen and oxygen atoms in total. The number of anilines is 15. The van der Waals surface area contributed by atoms with Gasteiger partial charge in [0.25, 0.3) is 13.4 Å². The van der Waals surface area contributed by atoms with E-state index in [0.717, 1.165) is 68.5 Å². The van der Waals surface area contributed by atoms with Gasteiger partial charge in [-0.1, -0.05) is 181 Å². The lowest BCUT2D eigenvalue weighted by atomic mass is 9.30. The van der Waals surface area contributed by atoms with E-state index in [1.165, 1.54) is 61.0 Å². The van der Waals surface area contributed by atoms with Crippen molar-refractivity contribution in [3.63, 3.8) is 0 Å². The van der Waals surface area contributed by atoms with Gasteiger partial charge in [0, 0.05) is 73.9 Å². The fourth-order valence-electron chi connectivity index (χ4n) is 13.2. The Morgan fingerprint density at radius 1 is 0.296 bits per heavy atom. The molecule has 0 spiro atoms. The summed E-state index contributed by atoms with van der Waals surface area (Å²) in [6.07, 6.45) is 0. The third kappa shape index (κ3) is 7.75. The first-order valence-corrected chi connectivity index (χ1v) is 28.4. The van der Waals surface area contributed by atoms with Gasteiger partial charge in [-0.3, -0.25) is 9.80 Å². The second-order valence-corrected chi connectivity index (χ2v) is 24.0. The number of para-hydroxylation sites is 7. The summed E-state index contributed by atoms with van der Waals surface area (Å²) in [4.78, 5) is 18.7. The van der Waals surface area contributed by atoms with Crippen molar-refractivity contribution >= 4 is 132 Å². The van der Waals surface area contributed by atoms with E-state index in [1.807, 2.05) is 0 Å². The molecule has 0 bridgehead atoms. The first-order valence-electron chi connectivity index (χ1n) is 28.4. The molecule has 0 aliphatic carbocycles. The molecule has 5 heterocycles. The molecule has 0 radical (unpaired) electrons. The summed E-state index contributed by atoms with van der Waals surface area (Å²) < 4.78 is 0. The number of rotatable bonds is 7. The SMILES string of the molecule is CC(C)(C)c1cc2c3c(c1)N(c1ccccc1)c1nc4c(cc1B3c1ccccc1N2c1ccccc1)B1c2ccc(N(c3ccccc3)c3ccccc3)cc2N(c2ccccc2)c2cc(C(C)(C)C)cc(c21)N4c1ccccc1. The minimum Gasteiger partial charge on any atom is -0.311 e. The minimum absolute atomic E-state index is 0.140. The molecular formula is C73H60B2N6. The summed E-state index contributed by atoms with van der Waals surface area (Å²) >= 11 is 0. The molecule has 0 amide bonds. The summed E-state index contributed by atoms with van der Waals surface area (Å²) in [5.41, 5.74) is 24.1. The topological polar surface area (TPSA) is 29.1 Å². The van der Waals surface area contributed by atoms with Crippen molar-refractivity contribution in [2.45, 2.75) is 52.4 Å². The Morgan fingerprint density at radius 3 is 1.06 bits per heavy atom. The van der Waals surface area contributed by atoms with E-state index < -0.39 is 0 Å². The average molecular weight is 1040 g/mol. The van der Waals surface area contributed by atoms with Crippen molar-refractivity contribution in [1.29, 1.82) is 0 Å². The molecule has 8 heteroatoms. The van der Waals surface area contributed by atoms with E-state index in [2.05, 4.69) is 321 Å². The Kier molecular flexibility index (Phi) is 11.1. The van der Waals surface area contributed by atoms with Crippen LogP contribution in [0.4, 0.5) is 85.6 Å². The number of hydrogen-bond donors (Lipinski definition) is 0. The van der Waals surface area contributed by atoms with Crippen LogP contribution in [0.3, 0.4) is 0 Å². The number of fused-ring (bicyclic) bond motifs is 8. The van der Waals surface area contributed by atoms with Crippen LogP contribution in [0.1, 0.15) is 52.7 Å². The molecule has 15 rings (SSSR count). The number of hydrogen-bond acceptors (Lipinski definition) is 6. The molecule has 4 aliphatic rings. The standard InChI is InChI=1S/C73H60B2N6/c1-72(2,3)49-43-64-68-66(45-49)80(55-35-21-11-22-36-55)70-60(74(68)58-39-25-26-40-62(58)78(64)53-31-17-9-18-32-53)48-61-71(76-70)81(56-37-23-12-24-38-56)67-46-50(73(4,5)6)44-65-69(67)75(61)59-42-41-57(47-63(59)79(65)54-33-19-10-20-34-54)77(51-27-13-7-14-28-51)52-29-15-8-16-30-52/h7-48H,1-6H3. The maximum absolute atomic E-state index is 6.30. The molecule has 0 saturated carbocycles. The molecule has 81 heavy (non-hydrogen) atoms. The first-order chi connectivity index (χ1) is 39.5. The van der Waals surface area contributed by atoms with Gasteiger partial charge in [-0.2, -0.15) is 0 Å². The lowest BCUT2D eigenvalue weighted by Crippen LogP contribution is -2.65. The molecule has 1 aromatic heterocycles. The Balaban J connectivity index is 1.07. The molecule has 10 aromatic carbocycles. The highest BCUT2D eigenvalue weighted by Crippen LogP contribution is 2.50. The van der Waals surface area contributed by atoms with Crippen molar-refractivity contribution in [1.82, 2.24) is 4.98 Å². The van der Waals surface area contributed by atoms with Crippen LogP contribution in [0.25, 0.3) is 0 Å². The van der Waals surface area contributed by atoms with Crippen LogP contribution in [0.2, 0.25) is 0 Å². The smallest absolute Gasteiger partial charge is 0.254 e. The lowest BCUT2D eigenvalue weighted by Gasteiger charge is -2.47. The third-order valence-corrected chi connectivity index (χ3v) is 17.0. The largest absolute Gasteiger partial charge is 0.311 e. The normalized spacial score (nSPS) is 13.7. The molecule has 4 aliphatic heterocycles. The van der Waals surface area contributed by atoms with E-state index >= 15 is 0 Å². The van der Waals surface area contributed by atoms with Gasteiger partial charge in [-0.25, -0.2) is 4.98 Å². The zero-order valence-corrected chi connectivity index (χ0v) is 46.6. The van der Waals surface area contributed by atoms with Gasteiger partial charge in [-0.15, -0.1) is 0 Å². The maximum Gasteiger partial charge on any atom is 0.254 e. The molecule has 0 unspecified atom stereocenters. The number of aromatic nitrogens is 1.